The minimum absolute atomic E-state index is 0.105. The van der Waals surface area contributed by atoms with E-state index in [1.165, 1.54) is 16.8 Å². The van der Waals surface area contributed by atoms with Gasteiger partial charge in [-0.15, -0.1) is 0 Å². The third kappa shape index (κ3) is 3.92. The van der Waals surface area contributed by atoms with Gasteiger partial charge < -0.3 is 14.8 Å². The molecule has 148 valence electrons. The van der Waals surface area contributed by atoms with E-state index in [0.29, 0.717) is 11.1 Å². The second-order valence-electron chi connectivity index (χ2n) is 7.43. The zero-order valence-corrected chi connectivity index (χ0v) is 16.4. The van der Waals surface area contributed by atoms with E-state index >= 15 is 0 Å². The molecule has 0 spiro atoms. The number of hydrogen-bond donors (Lipinski definition) is 1. The number of pyridine rings is 1. The van der Waals surface area contributed by atoms with Gasteiger partial charge >= 0.3 is 0 Å². The maximum Gasteiger partial charge on any atom is 0.274 e. The highest BCUT2D eigenvalue weighted by atomic mass is 16.2. The van der Waals surface area contributed by atoms with Crippen molar-refractivity contribution in [3.05, 3.63) is 76.2 Å². The van der Waals surface area contributed by atoms with Crippen LogP contribution in [-0.2, 0) is 7.05 Å². The molecule has 0 saturated carbocycles. The summed E-state index contributed by atoms with van der Waals surface area (Å²) in [6, 6.07) is 14.6. The van der Waals surface area contributed by atoms with Crippen molar-refractivity contribution in [3.8, 4) is 0 Å². The molecule has 29 heavy (non-hydrogen) atoms. The fourth-order valence-electron chi connectivity index (χ4n) is 3.72. The predicted molar refractivity (Wildman–Crippen MR) is 113 cm³/mol. The van der Waals surface area contributed by atoms with E-state index in [0.717, 1.165) is 43.1 Å². The molecule has 0 aliphatic carbocycles. The first kappa shape index (κ1) is 18.9. The lowest BCUT2D eigenvalue weighted by molar-refractivity contribution is 0.0723. The molecule has 0 bridgehead atoms. The first-order valence-corrected chi connectivity index (χ1v) is 9.83. The number of amides is 2. The van der Waals surface area contributed by atoms with Gasteiger partial charge in [-0.3, -0.25) is 14.4 Å². The fourth-order valence-corrected chi connectivity index (χ4v) is 3.72. The molecule has 6 nitrogen and oxygen atoms in total. The first-order chi connectivity index (χ1) is 14.0. The highest BCUT2D eigenvalue weighted by Gasteiger charge is 2.20. The number of nitrogens with one attached hydrogen (secondary N) is 1. The number of piperidine rings is 1. The molecule has 0 radical (unpaired) electrons. The maximum atomic E-state index is 12.8. The monoisotopic (exact) mass is 389 g/mol. The molecule has 1 aliphatic heterocycles. The van der Waals surface area contributed by atoms with Crippen LogP contribution in [0.4, 0.5) is 5.69 Å². The lowest BCUT2D eigenvalue weighted by atomic mass is 10.1. The molecule has 3 aromatic rings. The van der Waals surface area contributed by atoms with Crippen molar-refractivity contribution in [1.82, 2.24) is 9.47 Å². The van der Waals surface area contributed by atoms with Gasteiger partial charge in [-0.25, -0.2) is 0 Å². The number of likely N-dealkylation sites (tertiary alicyclic amines) is 1. The molecule has 1 fully saturated rings. The second-order valence-corrected chi connectivity index (χ2v) is 7.43. The molecule has 2 heterocycles. The molecule has 0 unspecified atom stereocenters. The van der Waals surface area contributed by atoms with E-state index < -0.39 is 0 Å². The second kappa shape index (κ2) is 7.91. The van der Waals surface area contributed by atoms with E-state index in [1.54, 1.807) is 24.1 Å². The fraction of sp³-hybridized carbons (Fsp3) is 0.261. The molecule has 0 atom stereocenters. The Morgan fingerprint density at radius 1 is 0.897 bits per heavy atom. The Balaban J connectivity index is 1.61. The van der Waals surface area contributed by atoms with Gasteiger partial charge in [-0.1, -0.05) is 30.3 Å². The Bertz CT molecular complexity index is 1140. The SMILES string of the molecule is Cn1cc(C(=O)N2CCCCC2)cc(NC(=O)c2ccc3ccccc3c2)c1=O. The van der Waals surface area contributed by atoms with Gasteiger partial charge in [0.15, 0.2) is 0 Å². The molecule has 2 amide bonds. The highest BCUT2D eigenvalue weighted by molar-refractivity contribution is 6.07. The van der Waals surface area contributed by atoms with Crippen molar-refractivity contribution in [2.45, 2.75) is 19.3 Å². The van der Waals surface area contributed by atoms with Crippen LogP contribution in [-0.4, -0.2) is 34.4 Å². The number of nitrogens with zero attached hydrogens (tertiary/aromatic N) is 2. The Kier molecular flexibility index (Phi) is 5.16. The average molecular weight is 389 g/mol. The van der Waals surface area contributed by atoms with Crippen LogP contribution in [0.2, 0.25) is 0 Å². The summed E-state index contributed by atoms with van der Waals surface area (Å²) >= 11 is 0. The minimum atomic E-state index is -0.379. The molecule has 1 saturated heterocycles. The third-order valence-corrected chi connectivity index (χ3v) is 5.33. The number of aromatic nitrogens is 1. The maximum absolute atomic E-state index is 12.8. The molecule has 6 heteroatoms. The van der Waals surface area contributed by atoms with Crippen LogP contribution in [0.5, 0.6) is 0 Å². The van der Waals surface area contributed by atoms with Gasteiger partial charge in [0.25, 0.3) is 17.4 Å². The predicted octanol–water partition coefficient (Wildman–Crippen LogP) is 3.42. The largest absolute Gasteiger partial charge is 0.339 e. The number of hydrogen-bond acceptors (Lipinski definition) is 3. The molecular weight excluding hydrogens is 366 g/mol. The van der Waals surface area contributed by atoms with Crippen molar-refractivity contribution in [2.75, 3.05) is 18.4 Å². The van der Waals surface area contributed by atoms with Crippen LogP contribution in [0.25, 0.3) is 10.8 Å². The van der Waals surface area contributed by atoms with E-state index in [-0.39, 0.29) is 23.1 Å². The highest BCUT2D eigenvalue weighted by Crippen LogP contribution is 2.18. The van der Waals surface area contributed by atoms with Gasteiger partial charge in [-0.2, -0.15) is 0 Å². The van der Waals surface area contributed by atoms with Crippen LogP contribution in [0, 0.1) is 0 Å². The van der Waals surface area contributed by atoms with Gasteiger partial charge in [0, 0.05) is 31.9 Å². The summed E-state index contributed by atoms with van der Waals surface area (Å²) < 4.78 is 1.34. The van der Waals surface area contributed by atoms with Crippen molar-refractivity contribution >= 4 is 28.3 Å². The Morgan fingerprint density at radius 3 is 2.38 bits per heavy atom. The number of aryl methyl sites for hydroxylation is 1. The Hall–Kier alpha value is -3.41. The first-order valence-electron chi connectivity index (χ1n) is 9.83. The Morgan fingerprint density at radius 2 is 1.62 bits per heavy atom. The van der Waals surface area contributed by atoms with E-state index in [1.807, 2.05) is 30.3 Å². The molecular formula is C23H23N3O3. The van der Waals surface area contributed by atoms with Gasteiger partial charge in [0.05, 0.1) is 5.56 Å². The zero-order valence-electron chi connectivity index (χ0n) is 16.4. The summed E-state index contributed by atoms with van der Waals surface area (Å²) in [5, 5.41) is 4.67. The molecule has 1 N–H and O–H groups in total. The number of benzene rings is 2. The molecule has 1 aromatic heterocycles. The van der Waals surface area contributed by atoms with Crippen molar-refractivity contribution in [1.29, 1.82) is 0 Å². The summed E-state index contributed by atoms with van der Waals surface area (Å²) in [6.45, 7) is 1.45. The van der Waals surface area contributed by atoms with E-state index in [4.69, 9.17) is 0 Å². The van der Waals surface area contributed by atoms with E-state index in [2.05, 4.69) is 5.32 Å². The van der Waals surface area contributed by atoms with Crippen molar-refractivity contribution in [2.24, 2.45) is 7.05 Å². The average Bonchev–Trinajstić information content (AvgIpc) is 2.76. The number of rotatable bonds is 3. The lowest BCUT2D eigenvalue weighted by Crippen LogP contribution is -2.36. The number of fused-ring (bicyclic) bond motifs is 1. The standard InChI is InChI=1S/C23H23N3O3/c1-25-15-19(22(28)26-11-5-2-6-12-26)14-20(23(25)29)24-21(27)18-10-9-16-7-3-4-8-17(16)13-18/h3-4,7-10,13-15H,2,5-6,11-12H2,1H3,(H,24,27). The van der Waals surface area contributed by atoms with Crippen molar-refractivity contribution in [3.63, 3.8) is 0 Å². The van der Waals surface area contributed by atoms with E-state index in [9.17, 15) is 14.4 Å². The topological polar surface area (TPSA) is 71.4 Å². The zero-order chi connectivity index (χ0) is 20.4. The van der Waals surface area contributed by atoms with Gasteiger partial charge in [-0.05, 0) is 48.2 Å². The smallest absolute Gasteiger partial charge is 0.274 e. The van der Waals surface area contributed by atoms with Crippen LogP contribution in [0.3, 0.4) is 0 Å². The van der Waals surface area contributed by atoms with Crippen LogP contribution in [0.15, 0.2) is 59.5 Å². The minimum Gasteiger partial charge on any atom is -0.339 e. The normalized spacial score (nSPS) is 14.0. The van der Waals surface area contributed by atoms with Crippen molar-refractivity contribution < 1.29 is 9.59 Å². The van der Waals surface area contributed by atoms with Gasteiger partial charge in [0.2, 0.25) is 0 Å². The summed E-state index contributed by atoms with van der Waals surface area (Å²) in [5.74, 6) is -0.489. The lowest BCUT2D eigenvalue weighted by Gasteiger charge is -2.27. The van der Waals surface area contributed by atoms with Crippen LogP contribution >= 0.6 is 0 Å². The molecule has 2 aromatic carbocycles. The number of carbonyl (C=O) groups excluding carboxylic acids is 2. The summed E-state index contributed by atoms with van der Waals surface area (Å²) in [6.07, 6.45) is 4.64. The summed E-state index contributed by atoms with van der Waals surface area (Å²) in [4.78, 5) is 39.9. The number of carbonyl (C=O) groups is 2. The Labute approximate surface area is 168 Å². The summed E-state index contributed by atoms with van der Waals surface area (Å²) in [7, 11) is 1.58. The molecule has 4 rings (SSSR count). The summed E-state index contributed by atoms with van der Waals surface area (Å²) in [5.41, 5.74) is 0.615. The number of anilines is 1. The molecule has 1 aliphatic rings. The quantitative estimate of drug-likeness (QED) is 0.746. The van der Waals surface area contributed by atoms with Gasteiger partial charge in [0.1, 0.15) is 5.69 Å². The third-order valence-electron chi connectivity index (χ3n) is 5.33. The van der Waals surface area contributed by atoms with Crippen LogP contribution in [0.1, 0.15) is 40.0 Å². The van der Waals surface area contributed by atoms with Crippen LogP contribution < -0.4 is 10.9 Å².